The van der Waals surface area contributed by atoms with E-state index in [2.05, 4.69) is 15.3 Å². The lowest BCUT2D eigenvalue weighted by Crippen LogP contribution is -2.44. The zero-order chi connectivity index (χ0) is 20.1. The Hall–Kier alpha value is -2.52. The van der Waals surface area contributed by atoms with Crippen LogP contribution in [0.15, 0.2) is 36.7 Å². The van der Waals surface area contributed by atoms with Gasteiger partial charge in [0.1, 0.15) is 5.82 Å². The van der Waals surface area contributed by atoms with E-state index in [0.717, 1.165) is 24.8 Å². The number of nitrogens with one attached hydrogen (secondary N) is 1. The van der Waals surface area contributed by atoms with E-state index in [0.29, 0.717) is 36.6 Å². The summed E-state index contributed by atoms with van der Waals surface area (Å²) in [6.45, 7) is 0.990. The van der Waals surface area contributed by atoms with Crippen molar-refractivity contribution in [3.63, 3.8) is 0 Å². The summed E-state index contributed by atoms with van der Waals surface area (Å²) in [4.78, 5) is 20.6. The number of nitrogen functional groups attached to an aromatic ring is 1. The van der Waals surface area contributed by atoms with Gasteiger partial charge in [0.2, 0.25) is 10.0 Å². The molecule has 8 nitrogen and oxygen atoms in total. The van der Waals surface area contributed by atoms with Crippen molar-refractivity contribution in [2.75, 3.05) is 25.1 Å². The number of rotatable bonds is 6. The van der Waals surface area contributed by atoms with Gasteiger partial charge in [-0.15, -0.1) is 0 Å². The van der Waals surface area contributed by atoms with E-state index in [-0.39, 0.29) is 11.9 Å². The van der Waals surface area contributed by atoms with Crippen molar-refractivity contribution in [2.45, 2.75) is 31.7 Å². The maximum Gasteiger partial charge on any atom is 0.251 e. The van der Waals surface area contributed by atoms with Gasteiger partial charge >= 0.3 is 0 Å². The highest BCUT2D eigenvalue weighted by Crippen LogP contribution is 2.22. The van der Waals surface area contributed by atoms with E-state index in [1.807, 2.05) is 0 Å². The second kappa shape index (κ2) is 8.66. The van der Waals surface area contributed by atoms with Gasteiger partial charge in [-0.3, -0.25) is 9.78 Å². The third-order valence-electron chi connectivity index (χ3n) is 4.86. The number of carbonyl (C=O) groups is 1. The standard InChI is InChI=1S/C19H25N5O3S/c1-28(26,27)24-11-3-2-4-16(24)9-10-22-19(25)15-7-5-14(6-8-15)17-12-21-13-18(20)23-17/h5-8,12-13,16H,2-4,9-11H2,1H3,(H2,20,23)(H,22,25). The van der Waals surface area contributed by atoms with Crippen LogP contribution in [0, 0.1) is 0 Å². The molecule has 9 heteroatoms. The molecule has 0 radical (unpaired) electrons. The first-order valence-corrected chi connectivity index (χ1v) is 11.1. The Balaban J connectivity index is 1.56. The lowest BCUT2D eigenvalue weighted by atomic mass is 10.0. The molecule has 1 amide bonds. The first-order chi connectivity index (χ1) is 13.3. The fourth-order valence-electron chi connectivity index (χ4n) is 3.47. The highest BCUT2D eigenvalue weighted by atomic mass is 32.2. The van der Waals surface area contributed by atoms with Gasteiger partial charge < -0.3 is 11.1 Å². The summed E-state index contributed by atoms with van der Waals surface area (Å²) in [5, 5.41) is 2.88. The number of carbonyl (C=O) groups excluding carboxylic acids is 1. The SMILES string of the molecule is CS(=O)(=O)N1CCCCC1CCNC(=O)c1ccc(-c2cncc(N)n2)cc1. The van der Waals surface area contributed by atoms with Crippen LogP contribution in [0.5, 0.6) is 0 Å². The first kappa shape index (κ1) is 20.2. The molecular weight excluding hydrogens is 378 g/mol. The summed E-state index contributed by atoms with van der Waals surface area (Å²) in [5.41, 5.74) is 7.65. The van der Waals surface area contributed by atoms with Gasteiger partial charge in [-0.2, -0.15) is 4.31 Å². The van der Waals surface area contributed by atoms with Crippen LogP contribution in [0.1, 0.15) is 36.0 Å². The second-order valence-electron chi connectivity index (χ2n) is 6.97. The number of amides is 1. The van der Waals surface area contributed by atoms with E-state index in [1.54, 1.807) is 34.8 Å². The summed E-state index contributed by atoms with van der Waals surface area (Å²) >= 11 is 0. The Kier molecular flexibility index (Phi) is 6.25. The molecule has 0 spiro atoms. The number of benzene rings is 1. The number of hydrogen-bond acceptors (Lipinski definition) is 6. The van der Waals surface area contributed by atoms with Gasteiger partial charge in [0.15, 0.2) is 0 Å². The van der Waals surface area contributed by atoms with E-state index in [9.17, 15) is 13.2 Å². The second-order valence-corrected chi connectivity index (χ2v) is 8.91. The number of sulfonamides is 1. The number of aromatic nitrogens is 2. The average Bonchev–Trinajstić information content (AvgIpc) is 2.67. The zero-order valence-electron chi connectivity index (χ0n) is 15.8. The molecule has 1 atom stereocenters. The van der Waals surface area contributed by atoms with E-state index < -0.39 is 10.0 Å². The van der Waals surface area contributed by atoms with Crippen molar-refractivity contribution in [1.82, 2.24) is 19.6 Å². The topological polar surface area (TPSA) is 118 Å². The molecule has 150 valence electrons. The highest BCUT2D eigenvalue weighted by Gasteiger charge is 2.28. The van der Waals surface area contributed by atoms with Crippen molar-refractivity contribution in [1.29, 1.82) is 0 Å². The molecule has 1 unspecified atom stereocenters. The molecule has 1 aliphatic heterocycles. The number of piperidine rings is 1. The summed E-state index contributed by atoms with van der Waals surface area (Å²) in [7, 11) is -3.21. The predicted octanol–water partition coefficient (Wildman–Crippen LogP) is 1.66. The maximum atomic E-state index is 12.4. The van der Waals surface area contributed by atoms with Gasteiger partial charge in [-0.25, -0.2) is 13.4 Å². The zero-order valence-corrected chi connectivity index (χ0v) is 16.7. The monoisotopic (exact) mass is 403 g/mol. The molecule has 1 fully saturated rings. The summed E-state index contributed by atoms with van der Waals surface area (Å²) in [5.74, 6) is 0.150. The largest absolute Gasteiger partial charge is 0.382 e. The fourth-order valence-corrected chi connectivity index (χ4v) is 4.68. The minimum absolute atomic E-state index is 0.0476. The molecule has 1 aromatic carbocycles. The smallest absolute Gasteiger partial charge is 0.251 e. The molecule has 1 aliphatic rings. The Bertz CT molecular complexity index is 931. The summed E-state index contributed by atoms with van der Waals surface area (Å²) in [6, 6.07) is 6.99. The molecule has 0 aliphatic carbocycles. The quantitative estimate of drug-likeness (QED) is 0.757. The van der Waals surface area contributed by atoms with E-state index >= 15 is 0 Å². The first-order valence-electron chi connectivity index (χ1n) is 9.27. The van der Waals surface area contributed by atoms with Gasteiger partial charge in [-0.05, 0) is 31.4 Å². The van der Waals surface area contributed by atoms with Gasteiger partial charge in [0.05, 0.1) is 24.3 Å². The van der Waals surface area contributed by atoms with Crippen LogP contribution in [-0.4, -0.2) is 54.0 Å². The molecule has 0 saturated carbocycles. The maximum absolute atomic E-state index is 12.4. The molecule has 1 aromatic heterocycles. The predicted molar refractivity (Wildman–Crippen MR) is 108 cm³/mol. The van der Waals surface area contributed by atoms with Crippen molar-refractivity contribution >= 4 is 21.7 Å². The number of nitrogens with two attached hydrogens (primary N) is 1. The molecule has 2 aromatic rings. The van der Waals surface area contributed by atoms with Gasteiger partial charge in [0, 0.05) is 30.3 Å². The van der Waals surface area contributed by atoms with Gasteiger partial charge in [0.25, 0.3) is 5.91 Å². The van der Waals surface area contributed by atoms with Crippen molar-refractivity contribution in [2.24, 2.45) is 0 Å². The number of anilines is 1. The van der Waals surface area contributed by atoms with Crippen LogP contribution in [0.3, 0.4) is 0 Å². The lowest BCUT2D eigenvalue weighted by Gasteiger charge is -2.33. The minimum Gasteiger partial charge on any atom is -0.382 e. The van der Waals surface area contributed by atoms with Crippen LogP contribution < -0.4 is 11.1 Å². The fraction of sp³-hybridized carbons (Fsp3) is 0.421. The molecule has 2 heterocycles. The lowest BCUT2D eigenvalue weighted by molar-refractivity contribution is 0.0949. The normalized spacial score (nSPS) is 18.0. The average molecular weight is 404 g/mol. The Morgan fingerprint density at radius 1 is 1.25 bits per heavy atom. The van der Waals surface area contributed by atoms with Crippen LogP contribution in [0.4, 0.5) is 5.82 Å². The highest BCUT2D eigenvalue weighted by molar-refractivity contribution is 7.88. The van der Waals surface area contributed by atoms with Crippen molar-refractivity contribution < 1.29 is 13.2 Å². The van der Waals surface area contributed by atoms with Crippen molar-refractivity contribution in [3.8, 4) is 11.3 Å². The van der Waals surface area contributed by atoms with Crippen LogP contribution >= 0.6 is 0 Å². The van der Waals surface area contributed by atoms with Gasteiger partial charge in [-0.1, -0.05) is 18.6 Å². The third-order valence-corrected chi connectivity index (χ3v) is 6.19. The van der Waals surface area contributed by atoms with Crippen LogP contribution in [0.2, 0.25) is 0 Å². The Morgan fingerprint density at radius 3 is 2.68 bits per heavy atom. The summed E-state index contributed by atoms with van der Waals surface area (Å²) < 4.78 is 25.4. The van der Waals surface area contributed by atoms with Crippen LogP contribution in [-0.2, 0) is 10.0 Å². The number of nitrogens with zero attached hydrogens (tertiary/aromatic N) is 3. The Morgan fingerprint density at radius 2 is 2.00 bits per heavy atom. The molecule has 0 bridgehead atoms. The minimum atomic E-state index is -3.21. The van der Waals surface area contributed by atoms with Crippen LogP contribution in [0.25, 0.3) is 11.3 Å². The van der Waals surface area contributed by atoms with E-state index in [1.165, 1.54) is 12.5 Å². The number of hydrogen-bond donors (Lipinski definition) is 2. The molecule has 3 rings (SSSR count). The molecule has 1 saturated heterocycles. The summed E-state index contributed by atoms with van der Waals surface area (Å²) in [6.07, 6.45) is 7.68. The molecule has 28 heavy (non-hydrogen) atoms. The van der Waals surface area contributed by atoms with E-state index in [4.69, 9.17) is 5.73 Å². The van der Waals surface area contributed by atoms with Crippen molar-refractivity contribution in [3.05, 3.63) is 42.2 Å². The Labute approximate surface area is 165 Å². The molecule has 3 N–H and O–H groups in total. The third kappa shape index (κ3) is 5.05. The molecular formula is C19H25N5O3S.